The van der Waals surface area contributed by atoms with Crippen molar-refractivity contribution in [3.63, 3.8) is 0 Å². The van der Waals surface area contributed by atoms with Crippen LogP contribution in [0.4, 0.5) is 0 Å². The van der Waals surface area contributed by atoms with E-state index in [1.807, 2.05) is 6.92 Å². The maximum Gasteiger partial charge on any atom is 0.317 e. The van der Waals surface area contributed by atoms with Crippen LogP contribution in [0.15, 0.2) is 11.8 Å². The Bertz CT molecular complexity index is 254. The zero-order valence-corrected chi connectivity index (χ0v) is 7.70. The van der Waals surface area contributed by atoms with E-state index in [1.54, 1.807) is 0 Å². The molecule has 0 radical (unpaired) electrons. The highest BCUT2D eigenvalue weighted by Crippen LogP contribution is 2.23. The van der Waals surface area contributed by atoms with Gasteiger partial charge in [-0.2, -0.15) is 0 Å². The second-order valence-corrected chi connectivity index (χ2v) is 2.73. The monoisotopic (exact) mass is 184 g/mol. The molecular formula is C9H12O4. The highest BCUT2D eigenvalue weighted by molar-refractivity contribution is 6.07. The number of carbonyl (C=O) groups is 2. The van der Waals surface area contributed by atoms with Crippen LogP contribution in [0.1, 0.15) is 13.3 Å². The van der Waals surface area contributed by atoms with Crippen LogP contribution in [-0.4, -0.2) is 25.5 Å². The first kappa shape index (κ1) is 9.77. The predicted molar refractivity (Wildman–Crippen MR) is 44.8 cm³/mol. The standard InChI is InChI=1S/C9H12O4/c1-3-13-6-4-7(8(10)5-6)9(11)12-2/h5,7H,3-4H2,1-2H3. The SMILES string of the molecule is CCOC1=CC(=O)C(C(=O)OC)C1. The Kier molecular flexibility index (Phi) is 3.06. The van der Waals surface area contributed by atoms with Gasteiger partial charge in [0.1, 0.15) is 11.7 Å². The van der Waals surface area contributed by atoms with Gasteiger partial charge in [0.25, 0.3) is 0 Å². The lowest BCUT2D eigenvalue weighted by Gasteiger charge is -2.06. The number of hydrogen-bond acceptors (Lipinski definition) is 4. The molecule has 1 atom stereocenters. The third kappa shape index (κ3) is 2.08. The van der Waals surface area contributed by atoms with Gasteiger partial charge in [-0.3, -0.25) is 9.59 Å². The topological polar surface area (TPSA) is 52.6 Å². The molecule has 0 aromatic heterocycles. The fraction of sp³-hybridized carbons (Fsp3) is 0.556. The van der Waals surface area contributed by atoms with Crippen LogP contribution < -0.4 is 0 Å². The number of rotatable bonds is 3. The quantitative estimate of drug-likeness (QED) is 0.478. The number of methoxy groups -OCH3 is 1. The van der Waals surface area contributed by atoms with E-state index in [1.165, 1.54) is 13.2 Å². The van der Waals surface area contributed by atoms with Crippen LogP contribution in [0.2, 0.25) is 0 Å². The summed E-state index contributed by atoms with van der Waals surface area (Å²) in [5, 5.41) is 0. The highest BCUT2D eigenvalue weighted by atomic mass is 16.5. The minimum absolute atomic E-state index is 0.227. The zero-order valence-electron chi connectivity index (χ0n) is 7.70. The van der Waals surface area contributed by atoms with E-state index in [0.717, 1.165) is 0 Å². The Balaban J connectivity index is 2.59. The van der Waals surface area contributed by atoms with Crippen LogP contribution in [-0.2, 0) is 19.1 Å². The first-order valence-electron chi connectivity index (χ1n) is 4.14. The van der Waals surface area contributed by atoms with Crippen LogP contribution in [0, 0.1) is 5.92 Å². The van der Waals surface area contributed by atoms with Gasteiger partial charge < -0.3 is 9.47 Å². The maximum absolute atomic E-state index is 11.2. The number of allylic oxidation sites excluding steroid dienone is 2. The van der Waals surface area contributed by atoms with Gasteiger partial charge in [0, 0.05) is 12.5 Å². The number of carbonyl (C=O) groups excluding carboxylic acids is 2. The summed E-state index contributed by atoms with van der Waals surface area (Å²) in [5.41, 5.74) is 0. The second-order valence-electron chi connectivity index (χ2n) is 2.73. The molecule has 1 unspecified atom stereocenters. The van der Waals surface area contributed by atoms with Crippen molar-refractivity contribution in [3.8, 4) is 0 Å². The summed E-state index contributed by atoms with van der Waals surface area (Å²) in [6, 6.07) is 0. The molecule has 13 heavy (non-hydrogen) atoms. The summed E-state index contributed by atoms with van der Waals surface area (Å²) in [6.07, 6.45) is 1.70. The first-order chi connectivity index (χ1) is 6.19. The number of ether oxygens (including phenoxy) is 2. The molecule has 0 amide bonds. The fourth-order valence-electron chi connectivity index (χ4n) is 1.25. The highest BCUT2D eigenvalue weighted by Gasteiger charge is 2.33. The third-order valence-electron chi connectivity index (χ3n) is 1.87. The lowest BCUT2D eigenvalue weighted by molar-refractivity contribution is -0.147. The molecule has 1 rings (SSSR count). The molecule has 0 fully saturated rings. The number of ketones is 1. The molecule has 1 aliphatic carbocycles. The minimum Gasteiger partial charge on any atom is -0.498 e. The molecule has 72 valence electrons. The Morgan fingerprint density at radius 1 is 1.69 bits per heavy atom. The van der Waals surface area contributed by atoms with Crippen LogP contribution >= 0.6 is 0 Å². The molecule has 4 heteroatoms. The summed E-state index contributed by atoms with van der Waals surface area (Å²) in [6.45, 7) is 2.34. The molecule has 0 spiro atoms. The third-order valence-corrected chi connectivity index (χ3v) is 1.87. The van der Waals surface area contributed by atoms with Gasteiger partial charge in [-0.05, 0) is 6.92 Å². The molecule has 0 heterocycles. The lowest BCUT2D eigenvalue weighted by atomic mass is 10.1. The maximum atomic E-state index is 11.2. The van der Waals surface area contributed by atoms with E-state index >= 15 is 0 Å². The van der Waals surface area contributed by atoms with Crippen molar-refractivity contribution in [2.45, 2.75) is 13.3 Å². The molecule has 1 aliphatic rings. The number of hydrogen-bond donors (Lipinski definition) is 0. The molecular weight excluding hydrogens is 172 g/mol. The van der Waals surface area contributed by atoms with Gasteiger partial charge in [-0.1, -0.05) is 0 Å². The predicted octanol–water partition coefficient (Wildman–Crippen LogP) is 0.669. The van der Waals surface area contributed by atoms with Gasteiger partial charge in [0.2, 0.25) is 0 Å². The molecule has 4 nitrogen and oxygen atoms in total. The molecule has 0 saturated carbocycles. The smallest absolute Gasteiger partial charge is 0.317 e. The van der Waals surface area contributed by atoms with E-state index < -0.39 is 11.9 Å². The van der Waals surface area contributed by atoms with Gasteiger partial charge in [-0.25, -0.2) is 0 Å². The van der Waals surface area contributed by atoms with Gasteiger partial charge >= 0.3 is 5.97 Å². The summed E-state index contributed by atoms with van der Waals surface area (Å²) < 4.78 is 9.61. The molecule has 0 saturated heterocycles. The van der Waals surface area contributed by atoms with E-state index in [2.05, 4.69) is 4.74 Å². The normalized spacial score (nSPS) is 21.2. The Morgan fingerprint density at radius 3 is 2.92 bits per heavy atom. The van der Waals surface area contributed by atoms with Crippen LogP contribution in [0.3, 0.4) is 0 Å². The van der Waals surface area contributed by atoms with E-state index in [9.17, 15) is 9.59 Å². The molecule has 0 aromatic carbocycles. The van der Waals surface area contributed by atoms with E-state index in [0.29, 0.717) is 18.8 Å². The Morgan fingerprint density at radius 2 is 2.38 bits per heavy atom. The van der Waals surface area contributed by atoms with Gasteiger partial charge in [-0.15, -0.1) is 0 Å². The lowest BCUT2D eigenvalue weighted by Crippen LogP contribution is -2.20. The van der Waals surface area contributed by atoms with Crippen molar-refractivity contribution in [2.75, 3.05) is 13.7 Å². The van der Waals surface area contributed by atoms with Gasteiger partial charge in [0.15, 0.2) is 5.78 Å². The molecule has 0 aromatic rings. The minimum atomic E-state index is -0.688. The fourth-order valence-corrected chi connectivity index (χ4v) is 1.25. The average Bonchev–Trinajstić information content (AvgIpc) is 2.46. The largest absolute Gasteiger partial charge is 0.498 e. The van der Waals surface area contributed by atoms with Gasteiger partial charge in [0.05, 0.1) is 13.7 Å². The summed E-state index contributed by atoms with van der Waals surface area (Å²) in [5.74, 6) is -0.833. The zero-order chi connectivity index (χ0) is 9.84. The van der Waals surface area contributed by atoms with Crippen molar-refractivity contribution in [1.29, 1.82) is 0 Å². The summed E-state index contributed by atoms with van der Waals surface area (Å²) >= 11 is 0. The van der Waals surface area contributed by atoms with Crippen molar-refractivity contribution in [3.05, 3.63) is 11.8 Å². The van der Waals surface area contributed by atoms with Crippen molar-refractivity contribution in [1.82, 2.24) is 0 Å². The van der Waals surface area contributed by atoms with Crippen LogP contribution in [0.25, 0.3) is 0 Å². The van der Waals surface area contributed by atoms with E-state index in [-0.39, 0.29) is 5.78 Å². The average molecular weight is 184 g/mol. The Hall–Kier alpha value is -1.32. The Labute approximate surface area is 76.5 Å². The van der Waals surface area contributed by atoms with Crippen molar-refractivity contribution < 1.29 is 19.1 Å². The first-order valence-corrected chi connectivity index (χ1v) is 4.14. The number of esters is 1. The summed E-state index contributed by atoms with van der Waals surface area (Å²) in [7, 11) is 1.27. The van der Waals surface area contributed by atoms with Crippen molar-refractivity contribution in [2.24, 2.45) is 5.92 Å². The van der Waals surface area contributed by atoms with E-state index in [4.69, 9.17) is 4.74 Å². The molecule has 0 aliphatic heterocycles. The summed E-state index contributed by atoms with van der Waals surface area (Å²) in [4.78, 5) is 22.2. The molecule has 0 N–H and O–H groups in total. The molecule has 0 bridgehead atoms. The van der Waals surface area contributed by atoms with Crippen molar-refractivity contribution >= 4 is 11.8 Å². The second kappa shape index (κ2) is 4.07. The van der Waals surface area contributed by atoms with Crippen LogP contribution in [0.5, 0.6) is 0 Å².